The van der Waals surface area contributed by atoms with Gasteiger partial charge in [-0.05, 0) is 6.92 Å². The van der Waals surface area contributed by atoms with E-state index >= 15 is 0 Å². The first kappa shape index (κ1) is 15.6. The Morgan fingerprint density at radius 2 is 2.09 bits per heavy atom. The lowest BCUT2D eigenvalue weighted by molar-refractivity contribution is -0.0509. The lowest BCUT2D eigenvalue weighted by Crippen LogP contribution is -2.33. The van der Waals surface area contributed by atoms with E-state index in [4.69, 9.17) is 16.2 Å². The number of nitrogens with zero attached hydrogens (tertiary/aromatic N) is 3. The number of anilines is 1. The zero-order valence-electron chi connectivity index (χ0n) is 12.2. The van der Waals surface area contributed by atoms with Gasteiger partial charge in [-0.1, -0.05) is 0 Å². The maximum atomic E-state index is 11.7. The largest absolute Gasteiger partial charge is 0.394 e. The number of rotatable bonds is 3. The zero-order chi connectivity index (χ0) is 16.9. The molecule has 1 saturated heterocycles. The number of fused-ring (bicyclic) bond motifs is 1. The first-order valence-corrected chi connectivity index (χ1v) is 6.92. The van der Waals surface area contributed by atoms with Gasteiger partial charge in [0, 0.05) is 6.20 Å². The van der Waals surface area contributed by atoms with Crippen molar-refractivity contribution in [1.29, 1.82) is 0 Å². The van der Waals surface area contributed by atoms with E-state index in [-0.39, 0.29) is 22.4 Å². The summed E-state index contributed by atoms with van der Waals surface area (Å²) in [5, 5.41) is 29.5. The van der Waals surface area contributed by atoms with E-state index in [0.29, 0.717) is 5.82 Å². The number of ether oxygens (including phenoxy) is 1. The number of primary amides is 1. The van der Waals surface area contributed by atoms with Crippen molar-refractivity contribution in [3.63, 3.8) is 0 Å². The third-order valence-corrected chi connectivity index (χ3v) is 3.87. The Bertz CT molecular complexity index is 776. The minimum absolute atomic E-state index is 0.0757. The van der Waals surface area contributed by atoms with Crippen molar-refractivity contribution in [2.75, 3.05) is 12.3 Å². The van der Waals surface area contributed by atoms with Crippen LogP contribution in [0.4, 0.5) is 5.82 Å². The van der Waals surface area contributed by atoms with Crippen molar-refractivity contribution in [3.8, 4) is 0 Å². The highest BCUT2D eigenvalue weighted by molar-refractivity contribution is 6.08. The van der Waals surface area contributed by atoms with Gasteiger partial charge in [0.15, 0.2) is 6.23 Å². The highest BCUT2D eigenvalue weighted by atomic mass is 16.6. The van der Waals surface area contributed by atoms with Crippen LogP contribution in [0.3, 0.4) is 0 Å². The second kappa shape index (κ2) is 5.42. The number of carbonyl (C=O) groups is 1. The number of aryl methyl sites for hydroxylation is 1. The van der Waals surface area contributed by atoms with Crippen LogP contribution in [0.2, 0.25) is 0 Å². The van der Waals surface area contributed by atoms with Crippen LogP contribution in [-0.2, 0) is 4.74 Å². The van der Waals surface area contributed by atoms with E-state index in [2.05, 4.69) is 9.97 Å². The fraction of sp³-hybridized carbons (Fsp3) is 0.462. The average molecular weight is 323 g/mol. The molecule has 0 radical (unpaired) electrons. The fourth-order valence-corrected chi connectivity index (χ4v) is 2.78. The van der Waals surface area contributed by atoms with E-state index in [9.17, 15) is 20.1 Å². The minimum Gasteiger partial charge on any atom is -0.394 e. The predicted molar refractivity (Wildman–Crippen MR) is 78.2 cm³/mol. The maximum Gasteiger partial charge on any atom is 0.251 e. The van der Waals surface area contributed by atoms with Gasteiger partial charge in [-0.3, -0.25) is 4.79 Å². The number of hydrogen-bond donors (Lipinski definition) is 5. The molecule has 10 heteroatoms. The number of amides is 1. The molecule has 23 heavy (non-hydrogen) atoms. The maximum absolute atomic E-state index is 11.7. The first-order valence-electron chi connectivity index (χ1n) is 6.92. The van der Waals surface area contributed by atoms with Crippen LogP contribution in [-0.4, -0.2) is 60.7 Å². The molecular formula is C13H17N5O5. The molecule has 1 fully saturated rings. The SMILES string of the molecule is Cc1nc(N)c2c(C(N)=O)cn(C3OC(CO)C(O)C3O)c2n1. The molecular weight excluding hydrogens is 306 g/mol. The number of aliphatic hydroxyl groups is 3. The summed E-state index contributed by atoms with van der Waals surface area (Å²) < 4.78 is 6.83. The Morgan fingerprint density at radius 3 is 2.65 bits per heavy atom. The van der Waals surface area contributed by atoms with Crippen LogP contribution >= 0.6 is 0 Å². The lowest BCUT2D eigenvalue weighted by Gasteiger charge is -2.17. The third kappa shape index (κ3) is 2.32. The van der Waals surface area contributed by atoms with Crippen LogP contribution in [0.1, 0.15) is 22.4 Å². The molecule has 7 N–H and O–H groups in total. The summed E-state index contributed by atoms with van der Waals surface area (Å²) in [5.41, 5.74) is 11.5. The minimum atomic E-state index is -1.32. The van der Waals surface area contributed by atoms with Gasteiger partial charge >= 0.3 is 0 Å². The Morgan fingerprint density at radius 1 is 1.39 bits per heavy atom. The monoisotopic (exact) mass is 323 g/mol. The highest BCUT2D eigenvalue weighted by Gasteiger charge is 2.44. The summed E-state index contributed by atoms with van der Waals surface area (Å²) in [7, 11) is 0. The predicted octanol–water partition coefficient (Wildman–Crippen LogP) is -1.97. The summed E-state index contributed by atoms with van der Waals surface area (Å²) in [4.78, 5) is 19.9. The Balaban J connectivity index is 2.20. The van der Waals surface area contributed by atoms with Crippen LogP contribution in [0.15, 0.2) is 6.20 Å². The molecule has 0 aliphatic carbocycles. The van der Waals surface area contributed by atoms with Crippen LogP contribution < -0.4 is 11.5 Å². The number of aliphatic hydroxyl groups excluding tert-OH is 3. The number of nitrogens with two attached hydrogens (primary N) is 2. The number of aromatic nitrogens is 3. The quantitative estimate of drug-likeness (QED) is 0.433. The van der Waals surface area contributed by atoms with E-state index in [1.807, 2.05) is 0 Å². The smallest absolute Gasteiger partial charge is 0.251 e. The van der Waals surface area contributed by atoms with Crippen LogP contribution in [0, 0.1) is 6.92 Å². The van der Waals surface area contributed by atoms with Gasteiger partial charge in [-0.15, -0.1) is 0 Å². The van der Waals surface area contributed by atoms with Gasteiger partial charge in [0.25, 0.3) is 5.91 Å². The highest BCUT2D eigenvalue weighted by Crippen LogP contribution is 2.34. The molecule has 0 bridgehead atoms. The average Bonchev–Trinajstić information content (AvgIpc) is 2.99. The Hall–Kier alpha value is -2.27. The second-order valence-electron chi connectivity index (χ2n) is 5.40. The molecule has 2 aromatic rings. The molecule has 3 rings (SSSR count). The summed E-state index contributed by atoms with van der Waals surface area (Å²) in [6.07, 6.45) is -3.26. The van der Waals surface area contributed by atoms with Crippen LogP contribution in [0.25, 0.3) is 11.0 Å². The molecule has 0 saturated carbocycles. The van der Waals surface area contributed by atoms with Crippen molar-refractivity contribution < 1.29 is 24.9 Å². The van der Waals surface area contributed by atoms with E-state index in [1.165, 1.54) is 10.8 Å². The van der Waals surface area contributed by atoms with Gasteiger partial charge in [0.05, 0.1) is 17.6 Å². The summed E-state index contributed by atoms with van der Waals surface area (Å²) in [6, 6.07) is 0. The fourth-order valence-electron chi connectivity index (χ4n) is 2.78. The molecule has 2 aromatic heterocycles. The molecule has 1 aliphatic heterocycles. The molecule has 1 amide bonds. The van der Waals surface area contributed by atoms with Crippen molar-refractivity contribution in [2.45, 2.75) is 31.5 Å². The molecule has 4 unspecified atom stereocenters. The summed E-state index contributed by atoms with van der Waals surface area (Å²) in [5.74, 6) is -0.302. The second-order valence-corrected chi connectivity index (χ2v) is 5.40. The molecule has 10 nitrogen and oxygen atoms in total. The van der Waals surface area contributed by atoms with Gasteiger partial charge in [-0.25, -0.2) is 9.97 Å². The van der Waals surface area contributed by atoms with Gasteiger partial charge in [0.2, 0.25) is 0 Å². The van der Waals surface area contributed by atoms with Gasteiger partial charge < -0.3 is 36.1 Å². The molecule has 0 spiro atoms. The number of hydrogen-bond acceptors (Lipinski definition) is 8. The first-order chi connectivity index (χ1) is 10.8. The van der Waals surface area contributed by atoms with Crippen molar-refractivity contribution in [3.05, 3.63) is 17.6 Å². The van der Waals surface area contributed by atoms with E-state index in [1.54, 1.807) is 6.92 Å². The summed E-state index contributed by atoms with van der Waals surface area (Å²) >= 11 is 0. The molecule has 4 atom stereocenters. The van der Waals surface area contributed by atoms with Crippen molar-refractivity contribution in [1.82, 2.24) is 14.5 Å². The van der Waals surface area contributed by atoms with Gasteiger partial charge in [-0.2, -0.15) is 0 Å². The van der Waals surface area contributed by atoms with E-state index in [0.717, 1.165) is 0 Å². The van der Waals surface area contributed by atoms with Crippen molar-refractivity contribution in [2.24, 2.45) is 5.73 Å². The van der Waals surface area contributed by atoms with Crippen LogP contribution in [0.5, 0.6) is 0 Å². The lowest BCUT2D eigenvalue weighted by atomic mass is 10.1. The molecule has 1 aliphatic rings. The van der Waals surface area contributed by atoms with Gasteiger partial charge in [0.1, 0.15) is 35.6 Å². The van der Waals surface area contributed by atoms with Crippen molar-refractivity contribution >= 4 is 22.8 Å². The summed E-state index contributed by atoms with van der Waals surface area (Å²) in [6.45, 7) is 1.15. The number of carbonyl (C=O) groups excluding carboxylic acids is 1. The Kier molecular flexibility index (Phi) is 3.68. The molecule has 124 valence electrons. The normalized spacial score (nSPS) is 27.7. The Labute approximate surface area is 130 Å². The molecule has 0 aromatic carbocycles. The standard InChI is InChI=1S/C13H17N5O5/c1-4-16-10(14)7-5(11(15)22)2-18(12(7)17-4)13-9(21)8(20)6(3-19)23-13/h2,6,8-9,13,19-21H,3H2,1H3,(H2,15,22)(H2,14,16,17). The third-order valence-electron chi connectivity index (χ3n) is 3.87. The molecule has 3 heterocycles. The van der Waals surface area contributed by atoms with E-state index < -0.39 is 37.1 Å². The topological polar surface area (TPSA) is 170 Å². The zero-order valence-corrected chi connectivity index (χ0v) is 12.2. The number of nitrogen functional groups attached to an aromatic ring is 1.